The Labute approximate surface area is 102 Å². The fourth-order valence-electron chi connectivity index (χ4n) is 1.56. The van der Waals surface area contributed by atoms with Crippen LogP contribution in [-0.2, 0) is 9.53 Å². The molecule has 0 spiro atoms. The summed E-state index contributed by atoms with van der Waals surface area (Å²) in [6, 6.07) is -0.179. The SMILES string of the molecule is CC(N)CN1C(=O)CCN1C(=O)OC(C)(C)C. The Morgan fingerprint density at radius 3 is 2.59 bits per heavy atom. The Bertz CT molecular complexity index is 310. The van der Waals surface area contributed by atoms with Crippen LogP contribution in [0.25, 0.3) is 0 Å². The van der Waals surface area contributed by atoms with Gasteiger partial charge in [-0.1, -0.05) is 0 Å². The van der Waals surface area contributed by atoms with Crippen LogP contribution in [0.3, 0.4) is 0 Å². The highest BCUT2D eigenvalue weighted by atomic mass is 16.6. The van der Waals surface area contributed by atoms with Crippen molar-refractivity contribution in [2.75, 3.05) is 13.1 Å². The molecular weight excluding hydrogens is 222 g/mol. The zero-order chi connectivity index (χ0) is 13.2. The number of carbonyl (C=O) groups is 2. The van der Waals surface area contributed by atoms with Crippen molar-refractivity contribution in [1.82, 2.24) is 10.0 Å². The lowest BCUT2D eigenvalue weighted by Gasteiger charge is -2.31. The van der Waals surface area contributed by atoms with Crippen molar-refractivity contribution in [1.29, 1.82) is 0 Å². The molecule has 1 aliphatic rings. The molecule has 1 heterocycles. The molecule has 1 rings (SSSR count). The molecule has 0 bridgehead atoms. The van der Waals surface area contributed by atoms with E-state index < -0.39 is 11.7 Å². The van der Waals surface area contributed by atoms with Gasteiger partial charge in [0.1, 0.15) is 5.60 Å². The smallest absolute Gasteiger partial charge is 0.429 e. The maximum Gasteiger partial charge on any atom is 0.429 e. The molecule has 17 heavy (non-hydrogen) atoms. The van der Waals surface area contributed by atoms with Gasteiger partial charge in [-0.2, -0.15) is 0 Å². The summed E-state index contributed by atoms with van der Waals surface area (Å²) in [4.78, 5) is 23.5. The molecule has 1 atom stereocenters. The van der Waals surface area contributed by atoms with Crippen LogP contribution in [-0.4, -0.2) is 46.8 Å². The number of nitrogens with two attached hydrogens (primary N) is 1. The molecule has 6 heteroatoms. The molecule has 0 aromatic rings. The highest BCUT2D eigenvalue weighted by Crippen LogP contribution is 2.17. The van der Waals surface area contributed by atoms with Crippen molar-refractivity contribution in [2.45, 2.75) is 45.8 Å². The Balaban J connectivity index is 2.69. The summed E-state index contributed by atoms with van der Waals surface area (Å²) in [5.41, 5.74) is 5.08. The van der Waals surface area contributed by atoms with Crippen molar-refractivity contribution in [3.63, 3.8) is 0 Å². The van der Waals surface area contributed by atoms with Gasteiger partial charge in [-0.05, 0) is 27.7 Å². The number of ether oxygens (including phenoxy) is 1. The van der Waals surface area contributed by atoms with E-state index in [4.69, 9.17) is 10.5 Å². The molecule has 1 aliphatic heterocycles. The molecule has 98 valence electrons. The zero-order valence-electron chi connectivity index (χ0n) is 10.9. The van der Waals surface area contributed by atoms with Crippen LogP contribution < -0.4 is 5.73 Å². The van der Waals surface area contributed by atoms with Gasteiger partial charge in [0, 0.05) is 12.5 Å². The lowest BCUT2D eigenvalue weighted by atomic mass is 10.2. The Morgan fingerprint density at radius 1 is 1.53 bits per heavy atom. The predicted molar refractivity (Wildman–Crippen MR) is 62.9 cm³/mol. The van der Waals surface area contributed by atoms with E-state index in [0.717, 1.165) is 0 Å². The van der Waals surface area contributed by atoms with Crippen molar-refractivity contribution >= 4 is 12.0 Å². The third kappa shape index (κ3) is 3.89. The van der Waals surface area contributed by atoms with Crippen molar-refractivity contribution < 1.29 is 14.3 Å². The average molecular weight is 243 g/mol. The van der Waals surface area contributed by atoms with E-state index in [1.807, 2.05) is 0 Å². The van der Waals surface area contributed by atoms with Gasteiger partial charge in [0.2, 0.25) is 5.91 Å². The number of amides is 2. The Kier molecular flexibility index (Phi) is 3.98. The number of hydrogen-bond donors (Lipinski definition) is 1. The molecule has 0 saturated carbocycles. The van der Waals surface area contributed by atoms with E-state index >= 15 is 0 Å². The van der Waals surface area contributed by atoms with Crippen LogP contribution in [0.4, 0.5) is 4.79 Å². The van der Waals surface area contributed by atoms with Gasteiger partial charge in [-0.15, -0.1) is 0 Å². The fourth-order valence-corrected chi connectivity index (χ4v) is 1.56. The largest absolute Gasteiger partial charge is 0.442 e. The summed E-state index contributed by atoms with van der Waals surface area (Å²) in [5.74, 6) is -0.0897. The monoisotopic (exact) mass is 243 g/mol. The lowest BCUT2D eigenvalue weighted by molar-refractivity contribution is -0.137. The zero-order valence-corrected chi connectivity index (χ0v) is 10.9. The molecule has 0 aliphatic carbocycles. The van der Waals surface area contributed by atoms with Gasteiger partial charge in [0.25, 0.3) is 0 Å². The van der Waals surface area contributed by atoms with E-state index in [1.54, 1.807) is 27.7 Å². The van der Waals surface area contributed by atoms with E-state index in [9.17, 15) is 9.59 Å². The summed E-state index contributed by atoms with van der Waals surface area (Å²) >= 11 is 0. The minimum Gasteiger partial charge on any atom is -0.442 e. The van der Waals surface area contributed by atoms with Gasteiger partial charge in [-0.3, -0.25) is 4.79 Å². The van der Waals surface area contributed by atoms with Crippen LogP contribution in [0, 0.1) is 0 Å². The second-order valence-corrected chi connectivity index (χ2v) is 5.31. The summed E-state index contributed by atoms with van der Waals surface area (Å²) in [5, 5.41) is 2.70. The summed E-state index contributed by atoms with van der Waals surface area (Å²) in [6.45, 7) is 7.85. The van der Waals surface area contributed by atoms with Gasteiger partial charge in [-0.25, -0.2) is 14.8 Å². The molecule has 2 N–H and O–H groups in total. The van der Waals surface area contributed by atoms with E-state index in [2.05, 4.69) is 0 Å². The average Bonchev–Trinajstić information content (AvgIpc) is 2.44. The molecule has 0 aromatic heterocycles. The first-order valence-electron chi connectivity index (χ1n) is 5.77. The first-order valence-corrected chi connectivity index (χ1v) is 5.77. The van der Waals surface area contributed by atoms with Crippen molar-refractivity contribution in [3.8, 4) is 0 Å². The standard InChI is InChI=1S/C11H21N3O3/c1-8(12)7-14-9(15)5-6-13(14)10(16)17-11(2,3)4/h8H,5-7,12H2,1-4H3. The van der Waals surface area contributed by atoms with Crippen molar-refractivity contribution in [2.24, 2.45) is 5.73 Å². The maximum absolute atomic E-state index is 11.9. The van der Waals surface area contributed by atoms with Crippen LogP contribution in [0.1, 0.15) is 34.1 Å². The van der Waals surface area contributed by atoms with E-state index in [1.165, 1.54) is 10.0 Å². The van der Waals surface area contributed by atoms with Crippen LogP contribution in [0.15, 0.2) is 0 Å². The third-order valence-electron chi connectivity index (χ3n) is 2.18. The number of nitrogens with zero attached hydrogens (tertiary/aromatic N) is 2. The molecule has 0 radical (unpaired) electrons. The topological polar surface area (TPSA) is 75.9 Å². The summed E-state index contributed by atoms with van der Waals surface area (Å²) in [7, 11) is 0. The highest BCUT2D eigenvalue weighted by Gasteiger charge is 2.35. The van der Waals surface area contributed by atoms with E-state index in [-0.39, 0.29) is 11.9 Å². The van der Waals surface area contributed by atoms with Crippen LogP contribution in [0.2, 0.25) is 0 Å². The number of carbonyl (C=O) groups excluding carboxylic acids is 2. The molecule has 1 saturated heterocycles. The van der Waals surface area contributed by atoms with Gasteiger partial charge in [0.15, 0.2) is 0 Å². The van der Waals surface area contributed by atoms with Crippen molar-refractivity contribution in [3.05, 3.63) is 0 Å². The first kappa shape index (κ1) is 13.8. The van der Waals surface area contributed by atoms with Gasteiger partial charge in [0.05, 0.1) is 13.1 Å². The van der Waals surface area contributed by atoms with Gasteiger partial charge >= 0.3 is 6.09 Å². The minimum atomic E-state index is -0.567. The number of hydrogen-bond acceptors (Lipinski definition) is 4. The van der Waals surface area contributed by atoms with E-state index in [0.29, 0.717) is 19.5 Å². The molecule has 1 fully saturated rings. The number of hydrazine groups is 1. The second-order valence-electron chi connectivity index (χ2n) is 5.31. The van der Waals surface area contributed by atoms with Crippen LogP contribution in [0.5, 0.6) is 0 Å². The normalized spacial score (nSPS) is 18.5. The lowest BCUT2D eigenvalue weighted by Crippen LogP contribution is -2.49. The first-order chi connectivity index (χ1) is 7.70. The minimum absolute atomic E-state index is 0.0897. The second kappa shape index (κ2) is 4.91. The van der Waals surface area contributed by atoms with Crippen LogP contribution >= 0.6 is 0 Å². The predicted octanol–water partition coefficient (Wildman–Crippen LogP) is 0.718. The molecular formula is C11H21N3O3. The number of rotatable bonds is 2. The summed E-state index contributed by atoms with van der Waals surface area (Å²) in [6.07, 6.45) is -0.171. The fraction of sp³-hybridized carbons (Fsp3) is 0.818. The molecule has 2 amide bonds. The molecule has 0 aromatic carbocycles. The quantitative estimate of drug-likeness (QED) is 0.775. The Morgan fingerprint density at radius 2 is 2.12 bits per heavy atom. The maximum atomic E-state index is 11.9. The molecule has 1 unspecified atom stereocenters. The molecule has 6 nitrogen and oxygen atoms in total. The third-order valence-corrected chi connectivity index (χ3v) is 2.18. The summed E-state index contributed by atoms with van der Waals surface area (Å²) < 4.78 is 5.23. The highest BCUT2D eigenvalue weighted by molar-refractivity contribution is 5.82. The Hall–Kier alpha value is -1.30. The van der Waals surface area contributed by atoms with Gasteiger partial charge < -0.3 is 10.5 Å².